The summed E-state index contributed by atoms with van der Waals surface area (Å²) < 4.78 is 0. The Kier molecular flexibility index (Phi) is 5.27. The third-order valence-electron chi connectivity index (χ3n) is 3.98. The lowest BCUT2D eigenvalue weighted by Crippen LogP contribution is -2.35. The average molecular weight is 303 g/mol. The molecule has 0 heterocycles. The quantitative estimate of drug-likeness (QED) is 0.496. The number of carbonyl (C=O) groups excluding carboxylic acids is 1. The first-order valence-corrected chi connectivity index (χ1v) is 7.40. The summed E-state index contributed by atoms with van der Waals surface area (Å²) in [4.78, 5) is 24.7. The highest BCUT2D eigenvalue weighted by Gasteiger charge is 2.30. The summed E-state index contributed by atoms with van der Waals surface area (Å²) in [5, 5.41) is 10.8. The van der Waals surface area contributed by atoms with E-state index in [2.05, 4.69) is 6.58 Å². The summed E-state index contributed by atoms with van der Waals surface area (Å²) >= 11 is 0. The van der Waals surface area contributed by atoms with Gasteiger partial charge in [-0.3, -0.25) is 14.9 Å². The molecule has 1 aliphatic rings. The van der Waals surface area contributed by atoms with E-state index in [1.807, 2.05) is 0 Å². The molecule has 1 aliphatic carbocycles. The summed E-state index contributed by atoms with van der Waals surface area (Å²) in [7, 11) is 0. The molecule has 0 aliphatic heterocycles. The second kappa shape index (κ2) is 7.17. The third kappa shape index (κ3) is 3.92. The Morgan fingerprint density at radius 2 is 2.27 bits per heavy atom. The van der Waals surface area contributed by atoms with Crippen LogP contribution in [0.3, 0.4) is 0 Å². The molecule has 1 saturated carbocycles. The number of nitrogens with two attached hydrogens (primary N) is 1. The molecule has 1 fully saturated rings. The van der Waals surface area contributed by atoms with Gasteiger partial charge in [0.2, 0.25) is 5.91 Å². The number of hydrogen-bond donors (Lipinski definition) is 1. The van der Waals surface area contributed by atoms with Crippen LogP contribution in [0, 0.1) is 16.0 Å². The fourth-order valence-electron chi connectivity index (χ4n) is 2.88. The van der Waals surface area contributed by atoms with Crippen molar-refractivity contribution in [2.45, 2.75) is 31.8 Å². The van der Waals surface area contributed by atoms with Crippen LogP contribution < -0.4 is 5.73 Å². The zero-order valence-corrected chi connectivity index (χ0v) is 12.5. The van der Waals surface area contributed by atoms with Crippen LogP contribution in [0.1, 0.15) is 24.8 Å². The lowest BCUT2D eigenvalue weighted by atomic mass is 10.1. The molecule has 0 radical (unpaired) electrons. The molecule has 1 amide bonds. The Balaban J connectivity index is 2.11. The molecule has 6 nitrogen and oxygen atoms in total. The first kappa shape index (κ1) is 16.2. The van der Waals surface area contributed by atoms with Crippen LogP contribution in [-0.2, 0) is 11.3 Å². The smallest absolute Gasteiger partial charge is 0.269 e. The van der Waals surface area contributed by atoms with Gasteiger partial charge in [0.15, 0.2) is 0 Å². The fraction of sp³-hybridized carbons (Fsp3) is 0.438. The van der Waals surface area contributed by atoms with Crippen LogP contribution in [-0.4, -0.2) is 28.3 Å². The van der Waals surface area contributed by atoms with Crippen LogP contribution in [0.25, 0.3) is 0 Å². The molecule has 0 aromatic heterocycles. The van der Waals surface area contributed by atoms with Gasteiger partial charge >= 0.3 is 0 Å². The first-order chi connectivity index (χ1) is 10.5. The van der Waals surface area contributed by atoms with E-state index in [4.69, 9.17) is 5.73 Å². The predicted octanol–water partition coefficient (Wildman–Crippen LogP) is 2.24. The van der Waals surface area contributed by atoms with E-state index in [0.717, 1.165) is 18.4 Å². The van der Waals surface area contributed by atoms with Gasteiger partial charge in [-0.05, 0) is 24.8 Å². The minimum Gasteiger partial charge on any atom is -0.334 e. The number of benzene rings is 1. The molecule has 2 atom stereocenters. The molecule has 2 N–H and O–H groups in total. The SMILES string of the molecule is C=CCN(Cc1cccc([N+](=O)[O-])c1)C(=O)[C@@H]1CC[C@@H](N)C1. The molecule has 0 bridgehead atoms. The van der Waals surface area contributed by atoms with E-state index in [9.17, 15) is 14.9 Å². The number of amides is 1. The van der Waals surface area contributed by atoms with Crippen LogP contribution in [0.4, 0.5) is 5.69 Å². The highest BCUT2D eigenvalue weighted by atomic mass is 16.6. The molecule has 118 valence electrons. The van der Waals surface area contributed by atoms with Gasteiger partial charge in [0, 0.05) is 37.2 Å². The standard InChI is InChI=1S/C16H21N3O3/c1-2-8-18(16(20)13-6-7-14(17)10-13)11-12-4-3-5-15(9-12)19(21)22/h2-5,9,13-14H,1,6-8,10-11,17H2/t13-,14-/m1/s1. The van der Waals surface area contributed by atoms with E-state index in [0.29, 0.717) is 19.5 Å². The minimum atomic E-state index is -0.431. The van der Waals surface area contributed by atoms with Crippen molar-refractivity contribution < 1.29 is 9.72 Å². The Morgan fingerprint density at radius 1 is 1.50 bits per heavy atom. The molecule has 1 aromatic carbocycles. The average Bonchev–Trinajstić information content (AvgIpc) is 2.93. The van der Waals surface area contributed by atoms with Crippen LogP contribution in [0.2, 0.25) is 0 Å². The largest absolute Gasteiger partial charge is 0.334 e. The summed E-state index contributed by atoms with van der Waals surface area (Å²) in [6.45, 7) is 4.45. The van der Waals surface area contributed by atoms with Crippen molar-refractivity contribution in [1.82, 2.24) is 4.90 Å². The summed E-state index contributed by atoms with van der Waals surface area (Å²) in [5.41, 5.74) is 6.65. The van der Waals surface area contributed by atoms with Gasteiger partial charge in [0.25, 0.3) is 5.69 Å². The molecule has 1 aromatic rings. The number of carbonyl (C=O) groups is 1. The van der Waals surface area contributed by atoms with Crippen molar-refractivity contribution in [3.8, 4) is 0 Å². The maximum absolute atomic E-state index is 12.6. The number of nitro groups is 1. The maximum Gasteiger partial charge on any atom is 0.269 e. The van der Waals surface area contributed by atoms with Gasteiger partial charge in [0.1, 0.15) is 0 Å². The molecule has 2 rings (SSSR count). The molecule has 6 heteroatoms. The van der Waals surface area contributed by atoms with Crippen molar-refractivity contribution in [2.75, 3.05) is 6.54 Å². The topological polar surface area (TPSA) is 89.5 Å². The number of nitrogens with zero attached hydrogens (tertiary/aromatic N) is 2. The second-order valence-electron chi connectivity index (χ2n) is 5.70. The highest BCUT2D eigenvalue weighted by molar-refractivity contribution is 5.79. The molecule has 22 heavy (non-hydrogen) atoms. The summed E-state index contributed by atoms with van der Waals surface area (Å²) in [6.07, 6.45) is 4.06. The number of nitro benzene ring substituents is 1. The lowest BCUT2D eigenvalue weighted by Gasteiger charge is -2.24. The third-order valence-corrected chi connectivity index (χ3v) is 3.98. The monoisotopic (exact) mass is 303 g/mol. The highest BCUT2D eigenvalue weighted by Crippen LogP contribution is 2.27. The zero-order valence-electron chi connectivity index (χ0n) is 12.5. The van der Waals surface area contributed by atoms with Gasteiger partial charge in [-0.15, -0.1) is 6.58 Å². The van der Waals surface area contributed by atoms with E-state index in [1.165, 1.54) is 12.1 Å². The van der Waals surface area contributed by atoms with Gasteiger partial charge in [-0.1, -0.05) is 18.2 Å². The molecular weight excluding hydrogens is 282 g/mol. The van der Waals surface area contributed by atoms with Crippen molar-refractivity contribution in [3.05, 3.63) is 52.6 Å². The number of hydrogen-bond acceptors (Lipinski definition) is 4. The summed E-state index contributed by atoms with van der Waals surface area (Å²) in [6, 6.07) is 6.46. The van der Waals surface area contributed by atoms with Crippen molar-refractivity contribution in [2.24, 2.45) is 11.7 Å². The molecular formula is C16H21N3O3. The first-order valence-electron chi connectivity index (χ1n) is 7.40. The molecule has 0 saturated heterocycles. The van der Waals surface area contributed by atoms with Crippen LogP contribution in [0.5, 0.6) is 0 Å². The van der Waals surface area contributed by atoms with Crippen LogP contribution >= 0.6 is 0 Å². The Morgan fingerprint density at radius 3 is 2.86 bits per heavy atom. The summed E-state index contributed by atoms with van der Waals surface area (Å²) in [5.74, 6) is 0.00741. The lowest BCUT2D eigenvalue weighted by molar-refractivity contribution is -0.384. The van der Waals surface area contributed by atoms with Gasteiger partial charge in [-0.25, -0.2) is 0 Å². The van der Waals surface area contributed by atoms with E-state index in [-0.39, 0.29) is 23.6 Å². The molecule has 0 spiro atoms. The molecule has 0 unspecified atom stereocenters. The normalized spacial score (nSPS) is 20.6. The number of non-ortho nitro benzene ring substituents is 1. The number of rotatable bonds is 6. The van der Waals surface area contributed by atoms with Gasteiger partial charge < -0.3 is 10.6 Å². The van der Waals surface area contributed by atoms with Crippen molar-refractivity contribution in [1.29, 1.82) is 0 Å². The van der Waals surface area contributed by atoms with Crippen LogP contribution in [0.15, 0.2) is 36.9 Å². The fourth-order valence-corrected chi connectivity index (χ4v) is 2.88. The second-order valence-corrected chi connectivity index (χ2v) is 5.70. The minimum absolute atomic E-state index is 0.0337. The Bertz CT molecular complexity index is 574. The Labute approximate surface area is 129 Å². The van der Waals surface area contributed by atoms with Crippen molar-refractivity contribution >= 4 is 11.6 Å². The maximum atomic E-state index is 12.6. The van der Waals surface area contributed by atoms with E-state index in [1.54, 1.807) is 23.1 Å². The zero-order chi connectivity index (χ0) is 16.1. The predicted molar refractivity (Wildman–Crippen MR) is 84.0 cm³/mol. The van der Waals surface area contributed by atoms with Crippen molar-refractivity contribution in [3.63, 3.8) is 0 Å². The van der Waals surface area contributed by atoms with E-state index < -0.39 is 4.92 Å². The van der Waals surface area contributed by atoms with Gasteiger partial charge in [0.05, 0.1) is 4.92 Å². The van der Waals surface area contributed by atoms with Gasteiger partial charge in [-0.2, -0.15) is 0 Å². The Hall–Kier alpha value is -2.21. The van der Waals surface area contributed by atoms with E-state index >= 15 is 0 Å².